The minimum atomic E-state index is -0.498. The third-order valence-electron chi connectivity index (χ3n) is 3.00. The predicted octanol–water partition coefficient (Wildman–Crippen LogP) is 2.70. The van der Waals surface area contributed by atoms with Crippen LogP contribution < -0.4 is 11.1 Å². The van der Waals surface area contributed by atoms with Crippen LogP contribution in [0.2, 0.25) is 0 Å². The van der Waals surface area contributed by atoms with Gasteiger partial charge < -0.3 is 15.8 Å². The molecule has 0 aliphatic heterocycles. The van der Waals surface area contributed by atoms with Crippen molar-refractivity contribution < 1.29 is 14.3 Å². The number of esters is 1. The van der Waals surface area contributed by atoms with Crippen LogP contribution in [0.3, 0.4) is 0 Å². The maximum atomic E-state index is 12.2. The minimum Gasteiger partial charge on any atom is -0.462 e. The average Bonchev–Trinajstić information content (AvgIpc) is 3.20. The number of nitrogens with one attached hydrogen (secondary N) is 1. The molecule has 0 saturated heterocycles. The van der Waals surface area contributed by atoms with E-state index in [9.17, 15) is 9.59 Å². The summed E-state index contributed by atoms with van der Waals surface area (Å²) in [5.74, 6) is -0.398. The van der Waals surface area contributed by atoms with Crippen LogP contribution in [0.15, 0.2) is 12.7 Å². The number of nitrogens with two attached hydrogens (primary N) is 1. The number of carbonyl (C=O) groups is 2. The Labute approximate surface area is 121 Å². The van der Waals surface area contributed by atoms with E-state index in [-0.39, 0.29) is 29.6 Å². The van der Waals surface area contributed by atoms with E-state index in [2.05, 4.69) is 11.9 Å². The number of Topliss-reactive ketones (excluding diaryl/α,β-unsaturated/α-hetero) is 1. The highest BCUT2D eigenvalue weighted by Gasteiger charge is 2.35. The van der Waals surface area contributed by atoms with Crippen LogP contribution in [0.5, 0.6) is 0 Å². The van der Waals surface area contributed by atoms with E-state index in [0.29, 0.717) is 16.4 Å². The Morgan fingerprint density at radius 1 is 1.55 bits per heavy atom. The summed E-state index contributed by atoms with van der Waals surface area (Å²) in [6.07, 6.45) is 3.48. The van der Waals surface area contributed by atoms with Crippen molar-refractivity contribution in [2.75, 3.05) is 24.2 Å². The number of thiophene rings is 1. The van der Waals surface area contributed by atoms with Crippen LogP contribution >= 0.6 is 11.3 Å². The molecular weight excluding hydrogens is 276 g/mol. The second kappa shape index (κ2) is 6.09. The first-order valence-electron chi connectivity index (χ1n) is 6.58. The molecule has 0 atom stereocenters. The van der Waals surface area contributed by atoms with Crippen LogP contribution in [0.25, 0.3) is 0 Å². The van der Waals surface area contributed by atoms with Gasteiger partial charge in [-0.05, 0) is 19.8 Å². The van der Waals surface area contributed by atoms with Crippen LogP contribution in [0, 0.1) is 5.92 Å². The van der Waals surface area contributed by atoms with E-state index in [1.165, 1.54) is 11.3 Å². The van der Waals surface area contributed by atoms with Gasteiger partial charge in [-0.3, -0.25) is 4.79 Å². The van der Waals surface area contributed by atoms with E-state index in [4.69, 9.17) is 10.5 Å². The van der Waals surface area contributed by atoms with Crippen LogP contribution in [-0.4, -0.2) is 24.9 Å². The second-order valence-corrected chi connectivity index (χ2v) is 5.60. The van der Waals surface area contributed by atoms with Crippen LogP contribution in [-0.2, 0) is 4.74 Å². The Morgan fingerprint density at radius 3 is 2.80 bits per heavy atom. The molecule has 2 rings (SSSR count). The minimum absolute atomic E-state index is 0.0321. The quantitative estimate of drug-likeness (QED) is 0.459. The SMILES string of the molecule is C=CCNc1sc(C(=O)C2CC2)c(N)c1C(=O)OCC. The smallest absolute Gasteiger partial charge is 0.343 e. The Hall–Kier alpha value is -1.82. The molecule has 1 aliphatic rings. The summed E-state index contributed by atoms with van der Waals surface area (Å²) >= 11 is 1.22. The van der Waals surface area contributed by atoms with Gasteiger partial charge in [0.05, 0.1) is 17.2 Å². The van der Waals surface area contributed by atoms with Crippen molar-refractivity contribution in [1.82, 2.24) is 0 Å². The van der Waals surface area contributed by atoms with E-state index in [0.717, 1.165) is 12.8 Å². The number of nitrogen functional groups attached to an aromatic ring is 1. The maximum Gasteiger partial charge on any atom is 0.343 e. The highest BCUT2D eigenvalue weighted by Crippen LogP contribution is 2.42. The normalized spacial score (nSPS) is 13.8. The molecule has 1 aromatic rings. The molecule has 20 heavy (non-hydrogen) atoms. The molecule has 6 heteroatoms. The summed E-state index contributed by atoms with van der Waals surface area (Å²) in [7, 11) is 0. The lowest BCUT2D eigenvalue weighted by atomic mass is 10.1. The molecule has 0 spiro atoms. The molecule has 5 nitrogen and oxygen atoms in total. The third kappa shape index (κ3) is 2.85. The highest BCUT2D eigenvalue weighted by molar-refractivity contribution is 7.19. The Bertz CT molecular complexity index is 547. The van der Waals surface area contributed by atoms with Crippen molar-refractivity contribution in [2.45, 2.75) is 19.8 Å². The molecule has 108 valence electrons. The molecule has 0 aromatic carbocycles. The predicted molar refractivity (Wildman–Crippen MR) is 80.4 cm³/mol. The first-order chi connectivity index (χ1) is 9.60. The van der Waals surface area contributed by atoms with Gasteiger partial charge in [0.25, 0.3) is 0 Å². The van der Waals surface area contributed by atoms with Crippen molar-refractivity contribution >= 4 is 33.8 Å². The zero-order chi connectivity index (χ0) is 14.7. The van der Waals surface area contributed by atoms with Crippen LogP contribution in [0.4, 0.5) is 10.7 Å². The highest BCUT2D eigenvalue weighted by atomic mass is 32.1. The number of carbonyl (C=O) groups excluding carboxylic acids is 2. The summed E-state index contributed by atoms with van der Waals surface area (Å²) in [6, 6.07) is 0. The van der Waals surface area contributed by atoms with Gasteiger partial charge >= 0.3 is 5.97 Å². The lowest BCUT2D eigenvalue weighted by Crippen LogP contribution is -2.11. The zero-order valence-corrected chi connectivity index (χ0v) is 12.2. The zero-order valence-electron chi connectivity index (χ0n) is 11.4. The van der Waals surface area contributed by atoms with Gasteiger partial charge in [0, 0.05) is 12.5 Å². The fraction of sp³-hybridized carbons (Fsp3) is 0.429. The first kappa shape index (κ1) is 14.6. The van der Waals surface area contributed by atoms with E-state index >= 15 is 0 Å². The largest absolute Gasteiger partial charge is 0.462 e. The number of anilines is 2. The number of rotatable bonds is 7. The summed E-state index contributed by atoms with van der Waals surface area (Å²) in [6.45, 7) is 6.10. The first-order valence-corrected chi connectivity index (χ1v) is 7.40. The van der Waals surface area contributed by atoms with Gasteiger partial charge in [-0.1, -0.05) is 6.08 Å². The lowest BCUT2D eigenvalue weighted by Gasteiger charge is -2.05. The van der Waals surface area contributed by atoms with Crippen LogP contribution in [0.1, 0.15) is 39.8 Å². The van der Waals surface area contributed by atoms with Crippen molar-refractivity contribution in [3.8, 4) is 0 Å². The van der Waals surface area contributed by atoms with Crippen molar-refractivity contribution in [3.63, 3.8) is 0 Å². The van der Waals surface area contributed by atoms with E-state index in [1.807, 2.05) is 0 Å². The van der Waals surface area contributed by atoms with Crippen molar-refractivity contribution in [1.29, 1.82) is 0 Å². The van der Waals surface area contributed by atoms with E-state index < -0.39 is 5.97 Å². The fourth-order valence-corrected chi connectivity index (χ4v) is 2.99. The third-order valence-corrected chi connectivity index (χ3v) is 4.18. The topological polar surface area (TPSA) is 81.4 Å². The molecule has 1 fully saturated rings. The Kier molecular flexibility index (Phi) is 4.44. The van der Waals surface area contributed by atoms with Crippen molar-refractivity contribution in [2.24, 2.45) is 5.92 Å². The molecule has 3 N–H and O–H groups in total. The van der Waals surface area contributed by atoms with Gasteiger partial charge in [-0.25, -0.2) is 4.79 Å². The Morgan fingerprint density at radius 2 is 2.25 bits per heavy atom. The van der Waals surface area contributed by atoms with Gasteiger partial charge in [0.2, 0.25) is 0 Å². The van der Waals surface area contributed by atoms with E-state index in [1.54, 1.807) is 13.0 Å². The number of hydrogen-bond donors (Lipinski definition) is 2. The second-order valence-electron chi connectivity index (χ2n) is 4.58. The molecule has 0 radical (unpaired) electrons. The summed E-state index contributed by atoms with van der Waals surface area (Å²) in [4.78, 5) is 24.6. The van der Waals surface area contributed by atoms with Gasteiger partial charge in [0.15, 0.2) is 5.78 Å². The number of ketones is 1. The molecule has 0 unspecified atom stereocenters. The number of ether oxygens (including phenoxy) is 1. The molecule has 0 bridgehead atoms. The average molecular weight is 294 g/mol. The molecular formula is C14H18N2O3S. The van der Waals surface area contributed by atoms with Gasteiger partial charge in [0.1, 0.15) is 10.6 Å². The summed E-state index contributed by atoms with van der Waals surface area (Å²) in [5.41, 5.74) is 6.50. The van der Waals surface area contributed by atoms with Crippen molar-refractivity contribution in [3.05, 3.63) is 23.1 Å². The van der Waals surface area contributed by atoms with Gasteiger partial charge in [-0.15, -0.1) is 17.9 Å². The molecule has 1 aromatic heterocycles. The molecule has 0 amide bonds. The molecule has 1 aliphatic carbocycles. The number of hydrogen-bond acceptors (Lipinski definition) is 6. The molecule has 1 heterocycles. The summed E-state index contributed by atoms with van der Waals surface area (Å²) in [5, 5.41) is 3.62. The maximum absolute atomic E-state index is 12.2. The van der Waals surface area contributed by atoms with Gasteiger partial charge in [-0.2, -0.15) is 0 Å². The fourth-order valence-electron chi connectivity index (χ4n) is 1.85. The molecule has 1 saturated carbocycles. The lowest BCUT2D eigenvalue weighted by molar-refractivity contribution is 0.0529. The standard InChI is InChI=1S/C14H18N2O3S/c1-3-7-16-13-9(14(18)19-4-2)10(15)12(20-13)11(17)8-5-6-8/h3,8,16H,1,4-7,15H2,2H3. The monoisotopic (exact) mass is 294 g/mol. The summed E-state index contributed by atoms with van der Waals surface area (Å²) < 4.78 is 5.01. The Balaban J connectivity index is 2.36.